The van der Waals surface area contributed by atoms with Gasteiger partial charge in [0.2, 0.25) is 11.9 Å². The Morgan fingerprint density at radius 2 is 2.43 bits per heavy atom. The van der Waals surface area contributed by atoms with Gasteiger partial charge in [-0.05, 0) is 12.1 Å². The van der Waals surface area contributed by atoms with Crippen LogP contribution >= 0.6 is 11.6 Å². The number of hydrogen-bond donors (Lipinski definition) is 1. The molecule has 1 heterocycles. The van der Waals surface area contributed by atoms with E-state index in [0.717, 1.165) is 0 Å². The first-order valence-electron chi connectivity index (χ1n) is 4.12. The molecule has 0 aliphatic carbocycles. The van der Waals surface area contributed by atoms with E-state index in [4.69, 9.17) is 11.6 Å². The van der Waals surface area contributed by atoms with Crippen molar-refractivity contribution in [3.8, 4) is 0 Å². The summed E-state index contributed by atoms with van der Waals surface area (Å²) in [4.78, 5) is 14.7. The third-order valence-electron chi connectivity index (χ3n) is 1.67. The SMILES string of the molecule is CC(CCl)C(=O)Nc1ccc(F)nc1. The molecule has 0 radical (unpaired) electrons. The molecule has 0 saturated carbocycles. The number of rotatable bonds is 3. The van der Waals surface area contributed by atoms with E-state index in [9.17, 15) is 9.18 Å². The molecule has 0 bridgehead atoms. The highest BCUT2D eigenvalue weighted by atomic mass is 35.5. The van der Waals surface area contributed by atoms with Gasteiger partial charge in [-0.15, -0.1) is 11.6 Å². The Labute approximate surface area is 86.3 Å². The largest absolute Gasteiger partial charge is 0.324 e. The molecule has 1 rings (SSSR count). The molecule has 14 heavy (non-hydrogen) atoms. The molecule has 0 aliphatic rings. The summed E-state index contributed by atoms with van der Waals surface area (Å²) in [6, 6.07) is 2.63. The predicted molar refractivity (Wildman–Crippen MR) is 52.7 cm³/mol. The van der Waals surface area contributed by atoms with Crippen molar-refractivity contribution in [2.45, 2.75) is 6.92 Å². The minimum absolute atomic E-state index is 0.201. The van der Waals surface area contributed by atoms with Gasteiger partial charge < -0.3 is 5.32 Å². The Hall–Kier alpha value is -1.16. The molecule has 0 spiro atoms. The molecule has 1 atom stereocenters. The third-order valence-corrected chi connectivity index (χ3v) is 2.14. The van der Waals surface area contributed by atoms with Crippen molar-refractivity contribution in [1.82, 2.24) is 4.98 Å². The summed E-state index contributed by atoms with van der Waals surface area (Å²) >= 11 is 5.50. The second-order valence-corrected chi connectivity index (χ2v) is 3.22. The Morgan fingerprint density at radius 1 is 1.71 bits per heavy atom. The lowest BCUT2D eigenvalue weighted by atomic mass is 10.2. The van der Waals surface area contributed by atoms with Gasteiger partial charge in [-0.2, -0.15) is 4.39 Å². The standard InChI is InChI=1S/C9H10ClFN2O/c1-6(4-10)9(14)13-7-2-3-8(11)12-5-7/h2-3,5-6H,4H2,1H3,(H,13,14). The number of carbonyl (C=O) groups excluding carboxylic acids is 1. The first-order valence-corrected chi connectivity index (χ1v) is 4.65. The number of nitrogens with one attached hydrogen (secondary N) is 1. The summed E-state index contributed by atoms with van der Waals surface area (Å²) in [5.74, 6) is -0.802. The number of anilines is 1. The number of alkyl halides is 1. The molecule has 0 aromatic carbocycles. The Morgan fingerprint density at radius 3 is 2.93 bits per heavy atom. The van der Waals surface area contributed by atoms with Crippen molar-refractivity contribution < 1.29 is 9.18 Å². The van der Waals surface area contributed by atoms with E-state index in [1.165, 1.54) is 18.3 Å². The van der Waals surface area contributed by atoms with Crippen LogP contribution in [0.25, 0.3) is 0 Å². The fourth-order valence-electron chi connectivity index (χ4n) is 0.785. The summed E-state index contributed by atoms with van der Waals surface area (Å²) in [5.41, 5.74) is 0.466. The first kappa shape index (κ1) is 10.9. The smallest absolute Gasteiger partial charge is 0.228 e. The summed E-state index contributed by atoms with van der Waals surface area (Å²) in [7, 11) is 0. The molecule has 3 nitrogen and oxygen atoms in total. The van der Waals surface area contributed by atoms with Gasteiger partial charge in [0.25, 0.3) is 0 Å². The molecule has 0 aliphatic heterocycles. The molecular weight excluding hydrogens is 207 g/mol. The van der Waals surface area contributed by atoms with Gasteiger partial charge in [0.15, 0.2) is 0 Å². The number of hydrogen-bond acceptors (Lipinski definition) is 2. The zero-order chi connectivity index (χ0) is 10.6. The van der Waals surface area contributed by atoms with Crippen LogP contribution in [-0.2, 0) is 4.79 Å². The minimum Gasteiger partial charge on any atom is -0.324 e. The van der Waals surface area contributed by atoms with Crippen molar-refractivity contribution in [1.29, 1.82) is 0 Å². The zero-order valence-electron chi connectivity index (χ0n) is 7.63. The molecule has 0 fully saturated rings. The highest BCUT2D eigenvalue weighted by molar-refractivity contribution is 6.19. The highest BCUT2D eigenvalue weighted by Crippen LogP contribution is 2.08. The summed E-state index contributed by atoms with van der Waals surface area (Å²) in [6.07, 6.45) is 1.26. The number of carbonyl (C=O) groups is 1. The normalized spacial score (nSPS) is 12.2. The van der Waals surface area contributed by atoms with Crippen LogP contribution in [0.2, 0.25) is 0 Å². The highest BCUT2D eigenvalue weighted by Gasteiger charge is 2.11. The molecule has 5 heteroatoms. The number of amides is 1. The van der Waals surface area contributed by atoms with Crippen LogP contribution in [0.3, 0.4) is 0 Å². The van der Waals surface area contributed by atoms with Gasteiger partial charge >= 0.3 is 0 Å². The van der Waals surface area contributed by atoms with Crippen LogP contribution < -0.4 is 5.32 Å². The summed E-state index contributed by atoms with van der Waals surface area (Å²) < 4.78 is 12.4. The lowest BCUT2D eigenvalue weighted by Gasteiger charge is -2.08. The number of pyridine rings is 1. The molecule has 1 aromatic rings. The predicted octanol–water partition coefficient (Wildman–Crippen LogP) is 2.03. The lowest BCUT2D eigenvalue weighted by molar-refractivity contribution is -0.118. The van der Waals surface area contributed by atoms with Gasteiger partial charge in [-0.3, -0.25) is 4.79 Å². The second-order valence-electron chi connectivity index (χ2n) is 2.91. The molecule has 76 valence electrons. The number of halogens is 2. The molecule has 0 saturated heterocycles. The average molecular weight is 217 g/mol. The van der Waals surface area contributed by atoms with Crippen molar-refractivity contribution >= 4 is 23.2 Å². The maximum absolute atomic E-state index is 12.4. The first-order chi connectivity index (χ1) is 6.63. The van der Waals surface area contributed by atoms with Crippen molar-refractivity contribution in [2.75, 3.05) is 11.2 Å². The average Bonchev–Trinajstić information content (AvgIpc) is 2.20. The van der Waals surface area contributed by atoms with E-state index in [-0.39, 0.29) is 17.7 Å². The lowest BCUT2D eigenvalue weighted by Crippen LogP contribution is -2.21. The summed E-state index contributed by atoms with van der Waals surface area (Å²) in [6.45, 7) is 1.71. The third kappa shape index (κ3) is 2.96. The zero-order valence-corrected chi connectivity index (χ0v) is 8.38. The van der Waals surface area contributed by atoms with E-state index in [2.05, 4.69) is 10.3 Å². The van der Waals surface area contributed by atoms with Gasteiger partial charge in [0.05, 0.1) is 11.9 Å². The van der Waals surface area contributed by atoms with Gasteiger partial charge in [0, 0.05) is 11.8 Å². The quantitative estimate of drug-likeness (QED) is 0.621. The van der Waals surface area contributed by atoms with Crippen molar-refractivity contribution in [2.24, 2.45) is 5.92 Å². The molecule has 1 unspecified atom stereocenters. The maximum atomic E-state index is 12.4. The van der Waals surface area contributed by atoms with E-state index in [0.29, 0.717) is 5.69 Å². The number of nitrogens with zero attached hydrogens (tertiary/aromatic N) is 1. The van der Waals surface area contributed by atoms with Crippen LogP contribution in [0.5, 0.6) is 0 Å². The fraction of sp³-hybridized carbons (Fsp3) is 0.333. The Kier molecular flexibility index (Phi) is 3.83. The van der Waals surface area contributed by atoms with Gasteiger partial charge in [-0.25, -0.2) is 4.98 Å². The van der Waals surface area contributed by atoms with E-state index >= 15 is 0 Å². The summed E-state index contributed by atoms with van der Waals surface area (Å²) in [5, 5.41) is 2.57. The monoisotopic (exact) mass is 216 g/mol. The minimum atomic E-state index is -0.576. The van der Waals surface area contributed by atoms with Crippen LogP contribution in [0.4, 0.5) is 10.1 Å². The second kappa shape index (κ2) is 4.91. The van der Waals surface area contributed by atoms with Crippen LogP contribution in [0.1, 0.15) is 6.92 Å². The number of aromatic nitrogens is 1. The Bertz CT molecular complexity index is 315. The molecule has 1 amide bonds. The molecular formula is C9H10ClFN2O. The van der Waals surface area contributed by atoms with Crippen LogP contribution in [0.15, 0.2) is 18.3 Å². The molecule has 1 aromatic heterocycles. The van der Waals surface area contributed by atoms with Gasteiger partial charge in [0.1, 0.15) is 0 Å². The van der Waals surface area contributed by atoms with E-state index in [1.54, 1.807) is 6.92 Å². The fourth-order valence-corrected chi connectivity index (χ4v) is 0.925. The van der Waals surface area contributed by atoms with Crippen molar-refractivity contribution in [3.05, 3.63) is 24.3 Å². The maximum Gasteiger partial charge on any atom is 0.228 e. The van der Waals surface area contributed by atoms with Crippen LogP contribution in [0, 0.1) is 11.9 Å². The van der Waals surface area contributed by atoms with Gasteiger partial charge in [-0.1, -0.05) is 6.92 Å². The van der Waals surface area contributed by atoms with Crippen molar-refractivity contribution in [3.63, 3.8) is 0 Å². The topological polar surface area (TPSA) is 42.0 Å². The molecule has 1 N–H and O–H groups in total. The van der Waals surface area contributed by atoms with Crippen LogP contribution in [-0.4, -0.2) is 16.8 Å². The Balaban J connectivity index is 2.60. The van der Waals surface area contributed by atoms with E-state index < -0.39 is 5.95 Å². The van der Waals surface area contributed by atoms with E-state index in [1.807, 2.05) is 0 Å².